The number of amides is 1. The lowest BCUT2D eigenvalue weighted by atomic mass is 10.0. The molecule has 0 spiro atoms. The van der Waals surface area contributed by atoms with Gasteiger partial charge in [-0.3, -0.25) is 13.8 Å². The van der Waals surface area contributed by atoms with Gasteiger partial charge in [0.2, 0.25) is 5.91 Å². The summed E-state index contributed by atoms with van der Waals surface area (Å²) in [5, 5.41) is 13.9. The molecule has 9 heteroatoms. The molecule has 0 aromatic carbocycles. The van der Waals surface area contributed by atoms with Crippen LogP contribution in [0.15, 0.2) is 36.5 Å². The molecule has 8 nitrogen and oxygen atoms in total. The monoisotopic (exact) mass is 1080 g/mol. The Kier molecular flexibility index (Phi) is 56.4. The molecule has 0 heterocycles. The van der Waals surface area contributed by atoms with Crippen molar-refractivity contribution in [3.63, 3.8) is 0 Å². The number of quaternary nitrogens is 1. The molecule has 75 heavy (non-hydrogen) atoms. The van der Waals surface area contributed by atoms with Crippen LogP contribution in [0.2, 0.25) is 0 Å². The van der Waals surface area contributed by atoms with Crippen molar-refractivity contribution in [2.45, 2.75) is 341 Å². The number of allylic oxidation sites excluding steroid dienone is 5. The van der Waals surface area contributed by atoms with Crippen LogP contribution in [0.25, 0.3) is 0 Å². The first-order chi connectivity index (χ1) is 36.5. The highest BCUT2D eigenvalue weighted by Gasteiger charge is 2.28. The summed E-state index contributed by atoms with van der Waals surface area (Å²) in [6.07, 6.45) is 76.0. The summed E-state index contributed by atoms with van der Waals surface area (Å²) in [6.45, 7) is 4.80. The number of nitrogens with one attached hydrogen (secondary N) is 1. The highest BCUT2D eigenvalue weighted by molar-refractivity contribution is 7.47. The van der Waals surface area contributed by atoms with E-state index in [1.54, 1.807) is 6.08 Å². The molecule has 0 saturated heterocycles. The van der Waals surface area contributed by atoms with Crippen LogP contribution in [0.1, 0.15) is 328 Å². The van der Waals surface area contributed by atoms with E-state index in [1.807, 2.05) is 27.2 Å². The smallest absolute Gasteiger partial charge is 0.387 e. The van der Waals surface area contributed by atoms with E-state index in [2.05, 4.69) is 43.5 Å². The zero-order valence-corrected chi connectivity index (χ0v) is 51.7. The van der Waals surface area contributed by atoms with Crippen LogP contribution in [0.4, 0.5) is 0 Å². The Hall–Kier alpha value is -1.28. The molecule has 3 atom stereocenters. The van der Waals surface area contributed by atoms with Crippen molar-refractivity contribution < 1.29 is 32.9 Å². The normalized spacial score (nSPS) is 14.0. The summed E-state index contributed by atoms with van der Waals surface area (Å²) in [5.74, 6) is -0.186. The van der Waals surface area contributed by atoms with Crippen LogP contribution < -0.4 is 5.32 Å². The topological polar surface area (TPSA) is 105 Å². The number of unbranched alkanes of at least 4 members (excludes halogenated alkanes) is 44. The highest BCUT2D eigenvalue weighted by Crippen LogP contribution is 2.43. The number of carbonyl (C=O) groups excluding carboxylic acids is 1. The van der Waals surface area contributed by atoms with Gasteiger partial charge in [-0.1, -0.05) is 314 Å². The number of hydrogen-bond acceptors (Lipinski definition) is 5. The summed E-state index contributed by atoms with van der Waals surface area (Å²) >= 11 is 0. The zero-order valence-electron chi connectivity index (χ0n) is 50.8. The van der Waals surface area contributed by atoms with Crippen LogP contribution in [-0.4, -0.2) is 73.4 Å². The van der Waals surface area contributed by atoms with E-state index in [9.17, 15) is 19.4 Å². The molecule has 3 N–H and O–H groups in total. The predicted octanol–water partition coefficient (Wildman–Crippen LogP) is 20.5. The van der Waals surface area contributed by atoms with Gasteiger partial charge in [0, 0.05) is 6.42 Å². The Balaban J connectivity index is 3.87. The zero-order chi connectivity index (χ0) is 54.9. The molecule has 0 aromatic rings. The average molecular weight is 1080 g/mol. The van der Waals surface area contributed by atoms with Crippen LogP contribution in [0.3, 0.4) is 0 Å². The Bertz CT molecular complexity index is 1320. The van der Waals surface area contributed by atoms with Crippen molar-refractivity contribution in [3.8, 4) is 0 Å². The minimum Gasteiger partial charge on any atom is -0.387 e. The number of likely N-dealkylation sites (N-methyl/N-ethyl adjacent to an activating group) is 1. The fourth-order valence-electron chi connectivity index (χ4n) is 9.96. The number of carbonyl (C=O) groups is 1. The lowest BCUT2D eigenvalue weighted by molar-refractivity contribution is -0.870. The van der Waals surface area contributed by atoms with E-state index in [4.69, 9.17) is 9.05 Å². The number of hydrogen-bond donors (Lipinski definition) is 3. The van der Waals surface area contributed by atoms with Crippen molar-refractivity contribution in [2.75, 3.05) is 40.9 Å². The van der Waals surface area contributed by atoms with Gasteiger partial charge in [-0.2, -0.15) is 0 Å². The molecular formula is C66H130N2O6P+. The Labute approximate surface area is 467 Å². The van der Waals surface area contributed by atoms with Crippen molar-refractivity contribution in [2.24, 2.45) is 0 Å². The van der Waals surface area contributed by atoms with Crippen LogP contribution in [0.5, 0.6) is 0 Å². The molecule has 0 aliphatic heterocycles. The third-order valence-corrected chi connectivity index (χ3v) is 16.1. The first-order valence-electron chi connectivity index (χ1n) is 32.9. The van der Waals surface area contributed by atoms with Gasteiger partial charge < -0.3 is 19.8 Å². The molecule has 0 aliphatic carbocycles. The third kappa shape index (κ3) is 60.2. The van der Waals surface area contributed by atoms with Crippen LogP contribution in [0, 0.1) is 0 Å². The maximum absolute atomic E-state index is 13.0. The molecule has 3 unspecified atom stereocenters. The van der Waals surface area contributed by atoms with E-state index in [0.29, 0.717) is 17.4 Å². The predicted molar refractivity (Wildman–Crippen MR) is 328 cm³/mol. The van der Waals surface area contributed by atoms with E-state index >= 15 is 0 Å². The van der Waals surface area contributed by atoms with Gasteiger partial charge in [0.1, 0.15) is 13.2 Å². The molecule has 1 amide bonds. The first kappa shape index (κ1) is 73.7. The van der Waals surface area contributed by atoms with Gasteiger partial charge in [-0.25, -0.2) is 4.57 Å². The number of phosphoric acid groups is 1. The van der Waals surface area contributed by atoms with Crippen molar-refractivity contribution in [3.05, 3.63) is 36.5 Å². The summed E-state index contributed by atoms with van der Waals surface area (Å²) in [7, 11) is 1.56. The largest absolute Gasteiger partial charge is 0.472 e. The van der Waals surface area contributed by atoms with Gasteiger partial charge in [0.25, 0.3) is 0 Å². The quantitative estimate of drug-likeness (QED) is 0.0243. The Morgan fingerprint density at radius 3 is 1.07 bits per heavy atom. The van der Waals surface area contributed by atoms with Gasteiger partial charge in [0.15, 0.2) is 0 Å². The van der Waals surface area contributed by atoms with Crippen LogP contribution in [-0.2, 0) is 18.4 Å². The van der Waals surface area contributed by atoms with Crippen LogP contribution >= 0.6 is 7.82 Å². The number of aliphatic hydroxyl groups is 1. The first-order valence-corrected chi connectivity index (χ1v) is 34.4. The molecule has 0 bridgehead atoms. The summed E-state index contributed by atoms with van der Waals surface area (Å²) in [6, 6.07) is -0.867. The number of aliphatic hydroxyl groups excluding tert-OH is 1. The molecule has 0 radical (unpaired) electrons. The molecule has 0 rings (SSSR count). The Morgan fingerprint density at radius 1 is 0.440 bits per heavy atom. The summed E-state index contributed by atoms with van der Waals surface area (Å²) in [4.78, 5) is 23.3. The number of rotatable bonds is 61. The van der Waals surface area contributed by atoms with E-state index in [1.165, 1.54) is 263 Å². The molecular weight excluding hydrogens is 948 g/mol. The van der Waals surface area contributed by atoms with Crippen molar-refractivity contribution in [1.29, 1.82) is 0 Å². The standard InChI is InChI=1S/C66H129N2O6P/c1-6-8-10-12-14-16-18-20-22-23-24-25-26-27-28-29-30-31-32-33-34-35-36-37-38-39-40-41-42-43-44-45-46-48-50-52-54-56-58-60-66(70)67-64(63-74-75(71,72)73-62-61-68(3,4)5)65(69)59-57-55-53-51-49-47-21-19-17-15-13-11-9-7-2/h17,19,49,51,57,59,64-65,69H,6-16,18,20-48,50,52-56,58,60-63H2,1-5H3,(H-,67,70,71,72)/p+1/b19-17+,51-49+,59-57+. The lowest BCUT2D eigenvalue weighted by Gasteiger charge is -2.25. The van der Waals surface area contributed by atoms with Gasteiger partial charge in [0.05, 0.1) is 39.9 Å². The van der Waals surface area contributed by atoms with E-state index < -0.39 is 20.0 Å². The van der Waals surface area contributed by atoms with E-state index in [0.717, 1.165) is 44.9 Å². The fourth-order valence-corrected chi connectivity index (χ4v) is 10.7. The molecule has 0 aromatic heterocycles. The maximum Gasteiger partial charge on any atom is 0.472 e. The van der Waals surface area contributed by atoms with Gasteiger partial charge in [-0.05, 0) is 44.9 Å². The van der Waals surface area contributed by atoms with E-state index in [-0.39, 0.29) is 19.1 Å². The highest BCUT2D eigenvalue weighted by atomic mass is 31.2. The Morgan fingerprint density at radius 2 is 0.733 bits per heavy atom. The summed E-state index contributed by atoms with van der Waals surface area (Å²) in [5.41, 5.74) is 0. The molecule has 444 valence electrons. The minimum absolute atomic E-state index is 0.0550. The second-order valence-corrected chi connectivity index (χ2v) is 25.3. The second-order valence-electron chi connectivity index (χ2n) is 23.8. The second kappa shape index (κ2) is 57.4. The molecule has 0 fully saturated rings. The third-order valence-electron chi connectivity index (χ3n) is 15.1. The average Bonchev–Trinajstić information content (AvgIpc) is 3.37. The maximum atomic E-state index is 13.0. The van der Waals surface area contributed by atoms with Gasteiger partial charge >= 0.3 is 7.82 Å². The van der Waals surface area contributed by atoms with Crippen molar-refractivity contribution in [1.82, 2.24) is 5.32 Å². The molecule has 0 aliphatic rings. The number of phosphoric ester groups is 1. The minimum atomic E-state index is -4.36. The van der Waals surface area contributed by atoms with Gasteiger partial charge in [-0.15, -0.1) is 0 Å². The summed E-state index contributed by atoms with van der Waals surface area (Å²) < 4.78 is 23.7. The number of nitrogens with zero attached hydrogens (tertiary/aromatic N) is 1. The fraction of sp³-hybridized carbons (Fsp3) is 0.894. The molecule has 0 saturated carbocycles. The van der Waals surface area contributed by atoms with Crippen molar-refractivity contribution >= 4 is 13.7 Å². The SMILES string of the molecule is CCCCCC/C=C/CC/C=C/CC/C=C/C(O)C(COP(=O)(O)OCC[N+](C)(C)C)NC(=O)CCCCCCCCCCCCCCCCCCCCCCCCCCCCCCCCCCCCCCCCC. The lowest BCUT2D eigenvalue weighted by Crippen LogP contribution is -2.45.